The van der Waals surface area contributed by atoms with Gasteiger partial charge in [-0.05, 0) is 47.6 Å². The van der Waals surface area contributed by atoms with Crippen molar-refractivity contribution in [3.8, 4) is 0 Å². The van der Waals surface area contributed by atoms with E-state index >= 15 is 0 Å². The maximum atomic E-state index is 14.2. The number of nitrogens with zero attached hydrogens (tertiary/aromatic N) is 2. The Hall–Kier alpha value is -4.84. The summed E-state index contributed by atoms with van der Waals surface area (Å²) in [5.74, 6) is -3.64. The molecule has 1 atom stereocenters. The molecule has 0 radical (unpaired) electrons. The first-order valence-electron chi connectivity index (χ1n) is 11.8. The van der Waals surface area contributed by atoms with Crippen LogP contribution in [-0.4, -0.2) is 41.2 Å². The van der Waals surface area contributed by atoms with Gasteiger partial charge in [0.15, 0.2) is 5.69 Å². The Morgan fingerprint density at radius 2 is 1.74 bits per heavy atom. The molecule has 12 heteroatoms. The summed E-state index contributed by atoms with van der Waals surface area (Å²) in [7, 11) is 0. The minimum absolute atomic E-state index is 0.115. The molecule has 0 fully saturated rings. The standard InChI is InChI=1S/C27H24FN5O5S/c1-2-38-20(34)14-31-26(36)23(16-10-12-17(28)13-11-16)33(19-9-5-7-15-6-3-4-8-18(15)19)27(37)24-21(29)22(25(30)35)32-39-24/h3-13,23H,2,14,29H2,1H3,(H2,30,35)(H,31,36)/t23-/m1/s1. The van der Waals surface area contributed by atoms with Crippen molar-refractivity contribution in [2.45, 2.75) is 13.0 Å². The number of benzene rings is 3. The van der Waals surface area contributed by atoms with Crippen LogP contribution in [0.1, 0.15) is 38.7 Å². The topological polar surface area (TPSA) is 158 Å². The van der Waals surface area contributed by atoms with E-state index < -0.39 is 42.1 Å². The van der Waals surface area contributed by atoms with Gasteiger partial charge in [0, 0.05) is 5.39 Å². The molecule has 0 saturated heterocycles. The van der Waals surface area contributed by atoms with Gasteiger partial charge in [-0.1, -0.05) is 48.5 Å². The van der Waals surface area contributed by atoms with E-state index in [0.29, 0.717) is 22.6 Å². The monoisotopic (exact) mass is 549 g/mol. The third kappa shape index (κ3) is 5.70. The van der Waals surface area contributed by atoms with E-state index in [0.717, 1.165) is 17.5 Å². The third-order valence-corrected chi connectivity index (χ3v) is 6.66. The smallest absolute Gasteiger partial charge is 0.325 e. The zero-order chi connectivity index (χ0) is 28.1. The van der Waals surface area contributed by atoms with Gasteiger partial charge in [0.1, 0.15) is 23.3 Å². The fourth-order valence-electron chi connectivity index (χ4n) is 4.05. The van der Waals surface area contributed by atoms with Crippen molar-refractivity contribution >= 4 is 57.4 Å². The molecule has 0 bridgehead atoms. The molecule has 0 aliphatic heterocycles. The fraction of sp³-hybridized carbons (Fsp3) is 0.148. The summed E-state index contributed by atoms with van der Waals surface area (Å²) in [6.07, 6.45) is 0. The second-order valence-corrected chi connectivity index (χ2v) is 9.06. The van der Waals surface area contributed by atoms with Gasteiger partial charge >= 0.3 is 5.97 Å². The van der Waals surface area contributed by atoms with Gasteiger partial charge in [0.2, 0.25) is 5.91 Å². The van der Waals surface area contributed by atoms with Gasteiger partial charge in [0.25, 0.3) is 11.8 Å². The summed E-state index contributed by atoms with van der Waals surface area (Å²) in [5.41, 5.74) is 11.5. The molecule has 0 spiro atoms. The number of nitrogen functional groups attached to an aromatic ring is 1. The number of rotatable bonds is 9. The van der Waals surface area contributed by atoms with Crippen LogP contribution in [-0.2, 0) is 14.3 Å². The summed E-state index contributed by atoms with van der Waals surface area (Å²) in [5, 5.41) is 3.90. The molecule has 0 aliphatic carbocycles. The first kappa shape index (κ1) is 27.2. The molecule has 4 aromatic rings. The lowest BCUT2D eigenvalue weighted by Crippen LogP contribution is -2.45. The van der Waals surface area contributed by atoms with Crippen LogP contribution in [0.2, 0.25) is 0 Å². The summed E-state index contributed by atoms with van der Waals surface area (Å²) >= 11 is 0.660. The van der Waals surface area contributed by atoms with Gasteiger partial charge in [-0.25, -0.2) is 4.39 Å². The van der Waals surface area contributed by atoms with Crippen molar-refractivity contribution < 1.29 is 28.3 Å². The average molecular weight is 550 g/mol. The molecule has 5 N–H and O–H groups in total. The zero-order valence-electron chi connectivity index (χ0n) is 20.7. The van der Waals surface area contributed by atoms with Crippen molar-refractivity contribution in [3.05, 3.63) is 88.7 Å². The molecule has 3 amide bonds. The Labute approximate surface area is 226 Å². The molecule has 3 aromatic carbocycles. The predicted octanol–water partition coefficient (Wildman–Crippen LogP) is 3.18. The second kappa shape index (κ2) is 11.7. The molecule has 200 valence electrons. The van der Waals surface area contributed by atoms with E-state index in [1.165, 1.54) is 17.0 Å². The van der Waals surface area contributed by atoms with Gasteiger partial charge in [-0.2, -0.15) is 4.37 Å². The molecule has 1 aromatic heterocycles. The highest BCUT2D eigenvalue weighted by Crippen LogP contribution is 2.37. The number of anilines is 2. The number of hydrogen-bond donors (Lipinski definition) is 3. The Balaban J connectivity index is 1.92. The Morgan fingerprint density at radius 1 is 1.05 bits per heavy atom. The molecular formula is C27H24FN5O5S. The van der Waals surface area contributed by atoms with Crippen molar-refractivity contribution in [3.63, 3.8) is 0 Å². The van der Waals surface area contributed by atoms with E-state index in [2.05, 4.69) is 9.69 Å². The number of nitrogens with one attached hydrogen (secondary N) is 1. The van der Waals surface area contributed by atoms with Gasteiger partial charge in [0.05, 0.1) is 18.0 Å². The largest absolute Gasteiger partial charge is 0.465 e. The maximum absolute atomic E-state index is 14.2. The summed E-state index contributed by atoms with van der Waals surface area (Å²) < 4.78 is 22.7. The molecule has 1 heterocycles. The third-order valence-electron chi connectivity index (χ3n) is 5.81. The number of esters is 1. The van der Waals surface area contributed by atoms with Crippen LogP contribution in [0.5, 0.6) is 0 Å². The summed E-state index contributed by atoms with van der Waals surface area (Å²) in [6, 6.07) is 16.0. The number of primary amides is 1. The van der Waals surface area contributed by atoms with Crippen LogP contribution in [0.15, 0.2) is 66.7 Å². The van der Waals surface area contributed by atoms with Crippen LogP contribution in [0.3, 0.4) is 0 Å². The molecule has 39 heavy (non-hydrogen) atoms. The number of hydrogen-bond acceptors (Lipinski definition) is 8. The predicted molar refractivity (Wildman–Crippen MR) is 145 cm³/mol. The number of fused-ring (bicyclic) bond motifs is 1. The molecule has 10 nitrogen and oxygen atoms in total. The number of carbonyl (C=O) groups excluding carboxylic acids is 4. The quantitative estimate of drug-likeness (QED) is 0.271. The lowest BCUT2D eigenvalue weighted by atomic mass is 10.00. The lowest BCUT2D eigenvalue weighted by molar-refractivity contribution is -0.143. The van der Waals surface area contributed by atoms with E-state index in [4.69, 9.17) is 16.2 Å². The molecule has 0 aliphatic rings. The number of ether oxygens (including phenoxy) is 1. The number of nitrogens with two attached hydrogens (primary N) is 2. The van der Waals surface area contributed by atoms with E-state index in [-0.39, 0.29) is 28.4 Å². The lowest BCUT2D eigenvalue weighted by Gasteiger charge is -2.32. The normalized spacial score (nSPS) is 11.5. The molecule has 0 unspecified atom stereocenters. The second-order valence-electron chi connectivity index (χ2n) is 8.29. The molecule has 0 saturated carbocycles. The fourth-order valence-corrected chi connectivity index (χ4v) is 4.80. The van der Waals surface area contributed by atoms with E-state index in [1.54, 1.807) is 31.2 Å². The van der Waals surface area contributed by atoms with Crippen molar-refractivity contribution in [2.24, 2.45) is 5.73 Å². The van der Waals surface area contributed by atoms with Gasteiger partial charge in [-0.3, -0.25) is 24.1 Å². The number of amides is 3. The van der Waals surface area contributed by atoms with Crippen LogP contribution in [0, 0.1) is 5.82 Å². The SMILES string of the molecule is CCOC(=O)CNC(=O)[C@@H](c1ccc(F)cc1)N(C(=O)c1snc(C(N)=O)c1N)c1cccc2ccccc12. The highest BCUT2D eigenvalue weighted by molar-refractivity contribution is 7.09. The van der Waals surface area contributed by atoms with Crippen molar-refractivity contribution in [2.75, 3.05) is 23.8 Å². The minimum atomic E-state index is -1.39. The Bertz CT molecular complexity index is 1550. The summed E-state index contributed by atoms with van der Waals surface area (Å²) in [6.45, 7) is 1.28. The van der Waals surface area contributed by atoms with Crippen LogP contribution in [0.25, 0.3) is 10.8 Å². The van der Waals surface area contributed by atoms with Crippen LogP contribution in [0.4, 0.5) is 15.8 Å². The summed E-state index contributed by atoms with van der Waals surface area (Å²) in [4.78, 5) is 52.7. The number of aromatic nitrogens is 1. The number of carbonyl (C=O) groups is 4. The van der Waals surface area contributed by atoms with Crippen molar-refractivity contribution in [1.29, 1.82) is 0 Å². The van der Waals surface area contributed by atoms with E-state index in [1.807, 2.05) is 18.2 Å². The highest BCUT2D eigenvalue weighted by atomic mass is 32.1. The maximum Gasteiger partial charge on any atom is 0.325 e. The Morgan fingerprint density at radius 3 is 2.41 bits per heavy atom. The van der Waals surface area contributed by atoms with Gasteiger partial charge < -0.3 is 21.5 Å². The highest BCUT2D eigenvalue weighted by Gasteiger charge is 2.37. The van der Waals surface area contributed by atoms with E-state index in [9.17, 15) is 23.6 Å². The van der Waals surface area contributed by atoms with Crippen LogP contribution < -0.4 is 21.7 Å². The van der Waals surface area contributed by atoms with Gasteiger partial charge in [-0.15, -0.1) is 0 Å². The van der Waals surface area contributed by atoms with Crippen LogP contribution >= 0.6 is 11.5 Å². The zero-order valence-corrected chi connectivity index (χ0v) is 21.5. The average Bonchev–Trinajstić information content (AvgIpc) is 3.32. The minimum Gasteiger partial charge on any atom is -0.465 e. The Kier molecular flexibility index (Phi) is 8.15. The number of halogens is 1. The molecule has 4 rings (SSSR count). The first-order chi connectivity index (χ1) is 18.7. The van der Waals surface area contributed by atoms with Crippen molar-refractivity contribution in [1.82, 2.24) is 9.69 Å². The molecular weight excluding hydrogens is 525 g/mol. The first-order valence-corrected chi connectivity index (χ1v) is 12.5.